The molecule has 1 aliphatic heterocycles. The third kappa shape index (κ3) is 4.39. The van der Waals surface area contributed by atoms with Gasteiger partial charge >= 0.3 is 0 Å². The molecule has 1 saturated heterocycles. The second-order valence-electron chi connectivity index (χ2n) is 5.51. The van der Waals surface area contributed by atoms with Crippen molar-refractivity contribution in [2.45, 2.75) is 39.2 Å². The highest BCUT2D eigenvalue weighted by atomic mass is 16.3. The van der Waals surface area contributed by atoms with Crippen molar-refractivity contribution in [2.75, 3.05) is 20.1 Å². The maximum absolute atomic E-state index is 12.1. The van der Waals surface area contributed by atoms with Crippen LogP contribution in [0.25, 0.3) is 0 Å². The van der Waals surface area contributed by atoms with Crippen LogP contribution in [0.2, 0.25) is 0 Å². The Hall–Kier alpha value is -1.29. The number of carbonyl (C=O) groups is 1. The molecule has 1 atom stereocenters. The Morgan fingerprint density at radius 3 is 3.00 bits per heavy atom. The summed E-state index contributed by atoms with van der Waals surface area (Å²) in [6, 6.07) is 3.87. The first-order valence-corrected chi connectivity index (χ1v) is 7.15. The van der Waals surface area contributed by atoms with E-state index >= 15 is 0 Å². The summed E-state index contributed by atoms with van der Waals surface area (Å²) in [5.74, 6) is 2.62. The first kappa shape index (κ1) is 14.1. The van der Waals surface area contributed by atoms with Gasteiger partial charge in [-0.2, -0.15) is 0 Å². The lowest BCUT2D eigenvalue weighted by Gasteiger charge is -2.23. The number of amides is 1. The fraction of sp³-hybridized carbons (Fsp3) is 0.667. The molecule has 1 aromatic heterocycles. The minimum absolute atomic E-state index is 0.208. The number of piperidine rings is 1. The molecule has 1 aromatic rings. The Labute approximate surface area is 115 Å². The third-order valence-electron chi connectivity index (χ3n) is 3.78. The van der Waals surface area contributed by atoms with Crippen LogP contribution in [0, 0.1) is 12.8 Å². The Bertz CT molecular complexity index is 408. The van der Waals surface area contributed by atoms with Crippen LogP contribution in [-0.4, -0.2) is 30.9 Å². The molecule has 0 radical (unpaired) electrons. The smallest absolute Gasteiger partial charge is 0.222 e. The molecular formula is C15H24N2O2. The van der Waals surface area contributed by atoms with E-state index < -0.39 is 0 Å². The lowest BCUT2D eigenvalue weighted by molar-refractivity contribution is -0.131. The monoisotopic (exact) mass is 264 g/mol. The maximum Gasteiger partial charge on any atom is 0.222 e. The van der Waals surface area contributed by atoms with Crippen LogP contribution in [0.4, 0.5) is 0 Å². The normalized spacial score (nSPS) is 19.4. The number of hydrogen-bond acceptors (Lipinski definition) is 3. The van der Waals surface area contributed by atoms with E-state index in [0.29, 0.717) is 18.9 Å². The van der Waals surface area contributed by atoms with E-state index in [1.54, 1.807) is 4.90 Å². The zero-order valence-corrected chi connectivity index (χ0v) is 11.9. The number of rotatable bonds is 5. The van der Waals surface area contributed by atoms with Gasteiger partial charge in [-0.25, -0.2) is 0 Å². The molecule has 0 saturated carbocycles. The van der Waals surface area contributed by atoms with Crippen molar-refractivity contribution in [2.24, 2.45) is 5.92 Å². The van der Waals surface area contributed by atoms with E-state index in [1.807, 2.05) is 26.1 Å². The van der Waals surface area contributed by atoms with Gasteiger partial charge in [0.25, 0.3) is 0 Å². The quantitative estimate of drug-likeness (QED) is 0.887. The molecule has 1 aliphatic rings. The van der Waals surface area contributed by atoms with Crippen LogP contribution >= 0.6 is 0 Å². The Morgan fingerprint density at radius 1 is 1.53 bits per heavy atom. The second kappa shape index (κ2) is 6.75. The standard InChI is InChI=1S/C15H24N2O2/c1-12-5-7-14(19-12)11-17(2)15(18)8-6-13-4-3-9-16-10-13/h5,7,13,16H,3-4,6,8-11H2,1-2H3. The average molecular weight is 264 g/mol. The summed E-state index contributed by atoms with van der Waals surface area (Å²) in [5, 5.41) is 3.39. The highest BCUT2D eigenvalue weighted by Gasteiger charge is 2.16. The van der Waals surface area contributed by atoms with Gasteiger partial charge in [0, 0.05) is 13.5 Å². The first-order valence-electron chi connectivity index (χ1n) is 7.15. The average Bonchev–Trinajstić information content (AvgIpc) is 2.82. The molecule has 19 heavy (non-hydrogen) atoms. The lowest BCUT2D eigenvalue weighted by Crippen LogP contribution is -2.31. The van der Waals surface area contributed by atoms with Gasteiger partial charge in [-0.3, -0.25) is 4.79 Å². The molecule has 0 bridgehead atoms. The van der Waals surface area contributed by atoms with Crippen LogP contribution in [0.3, 0.4) is 0 Å². The highest BCUT2D eigenvalue weighted by molar-refractivity contribution is 5.75. The van der Waals surface area contributed by atoms with Crippen LogP contribution in [0.5, 0.6) is 0 Å². The van der Waals surface area contributed by atoms with Crippen LogP contribution in [0.15, 0.2) is 16.5 Å². The molecule has 4 heteroatoms. The molecule has 1 N–H and O–H groups in total. The number of nitrogens with one attached hydrogen (secondary N) is 1. The SMILES string of the molecule is Cc1ccc(CN(C)C(=O)CCC2CCCNC2)o1. The van der Waals surface area contributed by atoms with Gasteiger partial charge in [0.05, 0.1) is 6.54 Å². The Kier molecular flexibility index (Phi) is 5.02. The molecule has 2 rings (SSSR count). The molecule has 0 aliphatic carbocycles. The van der Waals surface area contributed by atoms with Gasteiger partial charge < -0.3 is 14.6 Å². The molecular weight excluding hydrogens is 240 g/mol. The van der Waals surface area contributed by atoms with Crippen molar-refractivity contribution >= 4 is 5.91 Å². The van der Waals surface area contributed by atoms with E-state index in [2.05, 4.69) is 5.32 Å². The van der Waals surface area contributed by atoms with E-state index in [0.717, 1.165) is 31.0 Å². The van der Waals surface area contributed by atoms with E-state index in [4.69, 9.17) is 4.42 Å². The molecule has 0 aromatic carbocycles. The molecule has 106 valence electrons. The molecule has 4 nitrogen and oxygen atoms in total. The Balaban J connectivity index is 1.72. The van der Waals surface area contributed by atoms with Crippen LogP contribution in [0.1, 0.15) is 37.2 Å². The predicted molar refractivity (Wildman–Crippen MR) is 74.7 cm³/mol. The van der Waals surface area contributed by atoms with Gasteiger partial charge in [-0.15, -0.1) is 0 Å². The summed E-state index contributed by atoms with van der Waals surface area (Å²) in [4.78, 5) is 13.8. The predicted octanol–water partition coefficient (Wildman–Crippen LogP) is 2.33. The number of nitrogens with zero attached hydrogens (tertiary/aromatic N) is 1. The van der Waals surface area contributed by atoms with Gasteiger partial charge in [0.1, 0.15) is 11.5 Å². The van der Waals surface area contributed by atoms with Gasteiger partial charge in [-0.1, -0.05) is 0 Å². The zero-order valence-electron chi connectivity index (χ0n) is 11.9. The number of carbonyl (C=O) groups excluding carboxylic acids is 1. The van der Waals surface area contributed by atoms with E-state index in [9.17, 15) is 4.79 Å². The molecule has 1 unspecified atom stereocenters. The topological polar surface area (TPSA) is 45.5 Å². The Morgan fingerprint density at radius 2 is 2.37 bits per heavy atom. The number of aryl methyl sites for hydroxylation is 1. The maximum atomic E-state index is 12.1. The van der Waals surface area contributed by atoms with Gasteiger partial charge in [-0.05, 0) is 57.3 Å². The molecule has 2 heterocycles. The van der Waals surface area contributed by atoms with Crippen molar-refractivity contribution in [3.05, 3.63) is 23.7 Å². The van der Waals surface area contributed by atoms with Crippen molar-refractivity contribution in [3.63, 3.8) is 0 Å². The summed E-state index contributed by atoms with van der Waals surface area (Å²) in [7, 11) is 1.85. The van der Waals surface area contributed by atoms with Crippen molar-refractivity contribution in [1.82, 2.24) is 10.2 Å². The molecule has 1 amide bonds. The fourth-order valence-electron chi connectivity index (χ4n) is 2.58. The minimum atomic E-state index is 0.208. The van der Waals surface area contributed by atoms with Crippen LogP contribution < -0.4 is 5.32 Å². The number of hydrogen-bond donors (Lipinski definition) is 1. The summed E-state index contributed by atoms with van der Waals surface area (Å²) >= 11 is 0. The van der Waals surface area contributed by atoms with Crippen molar-refractivity contribution in [1.29, 1.82) is 0 Å². The first-order chi connectivity index (χ1) is 9.15. The summed E-state index contributed by atoms with van der Waals surface area (Å²) in [6.07, 6.45) is 4.12. The van der Waals surface area contributed by atoms with Crippen molar-refractivity contribution in [3.8, 4) is 0 Å². The van der Waals surface area contributed by atoms with E-state index in [-0.39, 0.29) is 5.91 Å². The van der Waals surface area contributed by atoms with Crippen molar-refractivity contribution < 1.29 is 9.21 Å². The molecule has 1 fully saturated rings. The van der Waals surface area contributed by atoms with Gasteiger partial charge in [0.15, 0.2) is 0 Å². The van der Waals surface area contributed by atoms with E-state index in [1.165, 1.54) is 12.8 Å². The third-order valence-corrected chi connectivity index (χ3v) is 3.78. The summed E-state index contributed by atoms with van der Waals surface area (Å²) in [5.41, 5.74) is 0. The largest absolute Gasteiger partial charge is 0.464 e. The minimum Gasteiger partial charge on any atom is -0.464 e. The summed E-state index contributed by atoms with van der Waals surface area (Å²) < 4.78 is 5.49. The second-order valence-corrected chi connectivity index (χ2v) is 5.51. The van der Waals surface area contributed by atoms with Gasteiger partial charge in [0.2, 0.25) is 5.91 Å². The van der Waals surface area contributed by atoms with Crippen LogP contribution in [-0.2, 0) is 11.3 Å². The fourth-order valence-corrected chi connectivity index (χ4v) is 2.58. The number of furan rings is 1. The lowest BCUT2D eigenvalue weighted by atomic mass is 9.94. The highest BCUT2D eigenvalue weighted by Crippen LogP contribution is 2.17. The zero-order chi connectivity index (χ0) is 13.7. The summed E-state index contributed by atoms with van der Waals surface area (Å²) in [6.45, 7) is 4.67. The molecule has 0 spiro atoms.